The third-order valence-corrected chi connectivity index (χ3v) is 3.60. The van der Waals surface area contributed by atoms with Crippen LogP contribution in [0, 0.1) is 0 Å². The Morgan fingerprint density at radius 3 is 2.70 bits per heavy atom. The van der Waals surface area contributed by atoms with Gasteiger partial charge in [-0.1, -0.05) is 12.1 Å². The van der Waals surface area contributed by atoms with Gasteiger partial charge in [-0.25, -0.2) is 4.98 Å². The lowest BCUT2D eigenvalue weighted by atomic mass is 10.1. The summed E-state index contributed by atoms with van der Waals surface area (Å²) in [5, 5.41) is 3.09. The van der Waals surface area contributed by atoms with E-state index in [1.807, 2.05) is 24.3 Å². The number of nitrogens with zero attached hydrogens (tertiary/aromatic N) is 2. The fraction of sp³-hybridized carbons (Fsp3) is 0.333. The molecule has 2 aromatic rings. The first-order valence-corrected chi connectivity index (χ1v) is 7.30. The van der Waals surface area contributed by atoms with Crippen molar-refractivity contribution in [3.05, 3.63) is 52.6 Å². The molecule has 0 aliphatic heterocycles. The van der Waals surface area contributed by atoms with E-state index in [-0.39, 0.29) is 5.56 Å². The van der Waals surface area contributed by atoms with E-state index < -0.39 is 0 Å². The number of benzene rings is 1. The molecule has 0 atom stereocenters. The summed E-state index contributed by atoms with van der Waals surface area (Å²) in [7, 11) is 0. The van der Waals surface area contributed by atoms with Crippen molar-refractivity contribution in [3.63, 3.8) is 0 Å². The van der Waals surface area contributed by atoms with Gasteiger partial charge in [0.05, 0.1) is 0 Å². The van der Waals surface area contributed by atoms with E-state index in [1.54, 1.807) is 17.0 Å². The zero-order valence-corrected chi connectivity index (χ0v) is 11.8. The van der Waals surface area contributed by atoms with E-state index in [9.17, 15) is 4.79 Å². The molecule has 1 aliphatic rings. The van der Waals surface area contributed by atoms with Gasteiger partial charge in [0.1, 0.15) is 0 Å². The molecule has 0 radical (unpaired) electrons. The van der Waals surface area contributed by atoms with E-state index in [0.29, 0.717) is 17.7 Å². The molecule has 1 saturated carbocycles. The highest BCUT2D eigenvalue weighted by Gasteiger charge is 2.25. The van der Waals surface area contributed by atoms with Gasteiger partial charge in [-0.05, 0) is 37.0 Å². The van der Waals surface area contributed by atoms with Crippen LogP contribution >= 0.6 is 11.6 Å². The van der Waals surface area contributed by atoms with Crippen molar-refractivity contribution in [1.82, 2.24) is 9.55 Å². The molecular formula is C15H16ClN3O. The summed E-state index contributed by atoms with van der Waals surface area (Å²) < 4.78 is 1.76. The maximum Gasteiger partial charge on any atom is 0.293 e. The number of rotatable bonds is 5. The zero-order chi connectivity index (χ0) is 13.9. The number of anilines is 2. The molecule has 0 amide bonds. The number of hydrogen-bond acceptors (Lipinski definition) is 3. The Morgan fingerprint density at radius 2 is 2.05 bits per heavy atom. The highest BCUT2D eigenvalue weighted by Crippen LogP contribution is 2.33. The number of halogens is 1. The average molecular weight is 290 g/mol. The number of hydrogen-bond donors (Lipinski definition) is 1. The Labute approximate surface area is 122 Å². The number of aromatic nitrogens is 2. The number of aryl methyl sites for hydroxylation is 1. The van der Waals surface area contributed by atoms with Gasteiger partial charge in [0.2, 0.25) is 0 Å². The Bertz CT molecular complexity index is 647. The molecule has 1 fully saturated rings. The van der Waals surface area contributed by atoms with Crippen LogP contribution in [0.25, 0.3) is 0 Å². The summed E-state index contributed by atoms with van der Waals surface area (Å²) in [4.78, 5) is 16.4. The van der Waals surface area contributed by atoms with Crippen molar-refractivity contribution in [2.75, 3.05) is 11.2 Å². The highest BCUT2D eigenvalue weighted by atomic mass is 35.5. The van der Waals surface area contributed by atoms with Gasteiger partial charge in [0.15, 0.2) is 5.82 Å². The van der Waals surface area contributed by atoms with Crippen molar-refractivity contribution < 1.29 is 0 Å². The maximum absolute atomic E-state index is 12.2. The third kappa shape index (κ3) is 2.85. The molecule has 0 bridgehead atoms. The summed E-state index contributed by atoms with van der Waals surface area (Å²) in [6.07, 6.45) is 6.44. The van der Waals surface area contributed by atoms with Crippen LogP contribution in [0.1, 0.15) is 24.4 Å². The normalized spacial score (nSPS) is 14.2. The van der Waals surface area contributed by atoms with E-state index in [2.05, 4.69) is 10.3 Å². The lowest BCUT2D eigenvalue weighted by Gasteiger charge is -2.08. The predicted molar refractivity (Wildman–Crippen MR) is 80.9 cm³/mol. The minimum atomic E-state index is -0.0557. The summed E-state index contributed by atoms with van der Waals surface area (Å²) >= 11 is 5.71. The van der Waals surface area contributed by atoms with Gasteiger partial charge in [0, 0.05) is 30.0 Å². The Morgan fingerprint density at radius 1 is 1.30 bits per heavy atom. The van der Waals surface area contributed by atoms with Crippen LogP contribution in [0.3, 0.4) is 0 Å². The van der Waals surface area contributed by atoms with Crippen LogP contribution < -0.4 is 10.9 Å². The minimum absolute atomic E-state index is 0.0557. The predicted octanol–water partition coefficient (Wildman–Crippen LogP) is 3.10. The Hall–Kier alpha value is -1.81. The summed E-state index contributed by atoms with van der Waals surface area (Å²) in [6, 6.07) is 8.26. The number of alkyl halides is 1. The molecule has 4 nitrogen and oxygen atoms in total. The molecule has 1 aromatic heterocycles. The smallest absolute Gasteiger partial charge is 0.293 e. The van der Waals surface area contributed by atoms with Crippen LogP contribution in [-0.2, 0) is 6.42 Å². The zero-order valence-electron chi connectivity index (χ0n) is 11.1. The second kappa shape index (κ2) is 5.67. The molecule has 1 aromatic carbocycles. The summed E-state index contributed by atoms with van der Waals surface area (Å²) in [5.74, 6) is 0.989. The Balaban J connectivity index is 1.80. The molecule has 0 unspecified atom stereocenters. The van der Waals surface area contributed by atoms with Crippen LogP contribution in [0.2, 0.25) is 0 Å². The molecule has 1 N–H and O–H groups in total. The molecule has 0 spiro atoms. The van der Waals surface area contributed by atoms with Crippen molar-refractivity contribution in [2.45, 2.75) is 25.3 Å². The average Bonchev–Trinajstić information content (AvgIpc) is 3.28. The lowest BCUT2D eigenvalue weighted by molar-refractivity contribution is 0.701. The van der Waals surface area contributed by atoms with Crippen LogP contribution in [0.4, 0.5) is 11.5 Å². The van der Waals surface area contributed by atoms with Gasteiger partial charge in [-0.15, -0.1) is 11.6 Å². The summed E-state index contributed by atoms with van der Waals surface area (Å²) in [6.45, 7) is 0. The highest BCUT2D eigenvalue weighted by molar-refractivity contribution is 6.17. The molecule has 104 valence electrons. The third-order valence-electron chi connectivity index (χ3n) is 3.41. The van der Waals surface area contributed by atoms with Gasteiger partial charge < -0.3 is 9.88 Å². The summed E-state index contributed by atoms with van der Waals surface area (Å²) in [5.41, 5.74) is 1.99. The maximum atomic E-state index is 12.2. The van der Waals surface area contributed by atoms with E-state index in [0.717, 1.165) is 24.9 Å². The van der Waals surface area contributed by atoms with Gasteiger partial charge in [-0.3, -0.25) is 4.79 Å². The quantitative estimate of drug-likeness (QED) is 0.861. The first-order valence-electron chi connectivity index (χ1n) is 6.77. The molecule has 1 heterocycles. The van der Waals surface area contributed by atoms with Crippen molar-refractivity contribution in [1.29, 1.82) is 0 Å². The van der Waals surface area contributed by atoms with E-state index in [1.165, 1.54) is 5.56 Å². The standard InChI is InChI=1S/C15H16ClN3O/c16-8-7-11-1-3-12(4-2-11)18-14-15(20)19(10-9-17-14)13-5-6-13/h1-4,9-10,13H,5-8H2,(H,17,18). The first kappa shape index (κ1) is 13.2. The van der Waals surface area contributed by atoms with Gasteiger partial charge in [0.25, 0.3) is 5.56 Å². The van der Waals surface area contributed by atoms with Crippen LogP contribution in [0.5, 0.6) is 0 Å². The van der Waals surface area contributed by atoms with Crippen LogP contribution in [0.15, 0.2) is 41.5 Å². The Kier molecular flexibility index (Phi) is 3.74. The minimum Gasteiger partial charge on any atom is -0.336 e. The fourth-order valence-corrected chi connectivity index (χ4v) is 2.37. The molecule has 5 heteroatoms. The van der Waals surface area contributed by atoms with E-state index in [4.69, 9.17) is 11.6 Å². The molecule has 1 aliphatic carbocycles. The molecule has 3 rings (SSSR count). The van der Waals surface area contributed by atoms with Gasteiger partial charge >= 0.3 is 0 Å². The lowest BCUT2D eigenvalue weighted by Crippen LogP contribution is -2.22. The second-order valence-electron chi connectivity index (χ2n) is 4.98. The largest absolute Gasteiger partial charge is 0.336 e. The van der Waals surface area contributed by atoms with Crippen LogP contribution in [-0.4, -0.2) is 15.4 Å². The second-order valence-corrected chi connectivity index (χ2v) is 5.36. The fourth-order valence-electron chi connectivity index (χ4n) is 2.15. The van der Waals surface area contributed by atoms with Crippen molar-refractivity contribution in [3.8, 4) is 0 Å². The van der Waals surface area contributed by atoms with E-state index >= 15 is 0 Å². The molecule has 20 heavy (non-hydrogen) atoms. The van der Waals surface area contributed by atoms with Gasteiger partial charge in [-0.2, -0.15) is 0 Å². The first-order chi connectivity index (χ1) is 9.78. The molecule has 0 saturated heterocycles. The SMILES string of the molecule is O=c1c(Nc2ccc(CCCl)cc2)nccn1C1CC1. The van der Waals surface area contributed by atoms with Crippen molar-refractivity contribution in [2.24, 2.45) is 0 Å². The topological polar surface area (TPSA) is 46.9 Å². The van der Waals surface area contributed by atoms with Crippen molar-refractivity contribution >= 4 is 23.1 Å². The molecular weight excluding hydrogens is 274 g/mol. The number of nitrogens with one attached hydrogen (secondary N) is 1. The monoisotopic (exact) mass is 289 g/mol.